The fourth-order valence-electron chi connectivity index (χ4n) is 2.80. The fraction of sp³-hybridized carbons (Fsp3) is 0.412. The predicted octanol–water partition coefficient (Wildman–Crippen LogP) is 3.58. The van der Waals surface area contributed by atoms with Crippen molar-refractivity contribution >= 4 is 34.5 Å². The van der Waals surface area contributed by atoms with Gasteiger partial charge in [-0.15, -0.1) is 11.3 Å². The van der Waals surface area contributed by atoms with Gasteiger partial charge in [-0.05, 0) is 36.5 Å². The SMILES string of the molecule is O=C(CCCN1CCN(c2cccc(Cl)n2)CC1)c1cccs1. The molecule has 0 unspecified atom stereocenters. The van der Waals surface area contributed by atoms with Crippen molar-refractivity contribution in [3.8, 4) is 0 Å². The summed E-state index contributed by atoms with van der Waals surface area (Å²) in [7, 11) is 0. The van der Waals surface area contributed by atoms with Gasteiger partial charge in [0.15, 0.2) is 5.78 Å². The van der Waals surface area contributed by atoms with E-state index >= 15 is 0 Å². The molecule has 23 heavy (non-hydrogen) atoms. The van der Waals surface area contributed by atoms with E-state index in [-0.39, 0.29) is 5.78 Å². The summed E-state index contributed by atoms with van der Waals surface area (Å²) in [6, 6.07) is 9.57. The molecule has 6 heteroatoms. The minimum absolute atomic E-state index is 0.266. The van der Waals surface area contributed by atoms with Gasteiger partial charge >= 0.3 is 0 Å². The molecule has 0 aliphatic carbocycles. The minimum atomic E-state index is 0.266. The van der Waals surface area contributed by atoms with E-state index in [0.717, 1.165) is 49.8 Å². The molecule has 3 rings (SSSR count). The van der Waals surface area contributed by atoms with Crippen molar-refractivity contribution in [1.29, 1.82) is 0 Å². The number of hydrogen-bond donors (Lipinski definition) is 0. The van der Waals surface area contributed by atoms with Gasteiger partial charge < -0.3 is 4.90 Å². The molecule has 0 saturated carbocycles. The quantitative estimate of drug-likeness (QED) is 0.590. The monoisotopic (exact) mass is 349 g/mol. The smallest absolute Gasteiger partial charge is 0.172 e. The molecule has 1 fully saturated rings. The Morgan fingerprint density at radius 3 is 2.70 bits per heavy atom. The van der Waals surface area contributed by atoms with Crippen molar-refractivity contribution in [2.75, 3.05) is 37.6 Å². The average molecular weight is 350 g/mol. The van der Waals surface area contributed by atoms with E-state index in [1.54, 1.807) is 6.07 Å². The van der Waals surface area contributed by atoms with E-state index in [0.29, 0.717) is 11.6 Å². The third-order valence-corrected chi connectivity index (χ3v) is 5.19. The van der Waals surface area contributed by atoms with Crippen molar-refractivity contribution in [1.82, 2.24) is 9.88 Å². The lowest BCUT2D eigenvalue weighted by Gasteiger charge is -2.35. The zero-order valence-electron chi connectivity index (χ0n) is 12.9. The Kier molecular flexibility index (Phi) is 5.65. The molecule has 4 nitrogen and oxygen atoms in total. The molecule has 0 atom stereocenters. The van der Waals surface area contributed by atoms with Crippen LogP contribution < -0.4 is 4.90 Å². The summed E-state index contributed by atoms with van der Waals surface area (Å²) in [5, 5.41) is 2.49. The van der Waals surface area contributed by atoms with E-state index in [9.17, 15) is 4.79 Å². The number of thiophene rings is 1. The first kappa shape index (κ1) is 16.4. The maximum atomic E-state index is 12.0. The Bertz CT molecular complexity index is 639. The van der Waals surface area contributed by atoms with Gasteiger partial charge in [-0.1, -0.05) is 23.7 Å². The number of aromatic nitrogens is 1. The Hall–Kier alpha value is -1.43. The fourth-order valence-corrected chi connectivity index (χ4v) is 3.65. The molecule has 1 saturated heterocycles. The van der Waals surface area contributed by atoms with Crippen LogP contribution in [0.1, 0.15) is 22.5 Å². The number of hydrogen-bond acceptors (Lipinski definition) is 5. The van der Waals surface area contributed by atoms with Crippen molar-refractivity contribution < 1.29 is 4.79 Å². The van der Waals surface area contributed by atoms with Gasteiger partial charge in [0, 0.05) is 32.6 Å². The topological polar surface area (TPSA) is 36.4 Å². The number of halogens is 1. The normalized spacial score (nSPS) is 15.8. The minimum Gasteiger partial charge on any atom is -0.354 e. The van der Waals surface area contributed by atoms with E-state index in [2.05, 4.69) is 14.8 Å². The molecule has 1 aliphatic rings. The highest BCUT2D eigenvalue weighted by atomic mass is 35.5. The number of piperazine rings is 1. The summed E-state index contributed by atoms with van der Waals surface area (Å²) in [5.41, 5.74) is 0. The first-order valence-electron chi connectivity index (χ1n) is 7.89. The Balaban J connectivity index is 1.40. The van der Waals surface area contributed by atoms with Gasteiger partial charge in [0.1, 0.15) is 11.0 Å². The molecule has 0 N–H and O–H groups in total. The summed E-state index contributed by atoms with van der Waals surface area (Å²) >= 11 is 7.48. The van der Waals surface area contributed by atoms with E-state index in [1.807, 2.05) is 29.6 Å². The van der Waals surface area contributed by atoms with Crippen LogP contribution in [-0.2, 0) is 0 Å². The zero-order chi connectivity index (χ0) is 16.1. The first-order chi connectivity index (χ1) is 11.2. The molecule has 2 aromatic rings. The highest BCUT2D eigenvalue weighted by Crippen LogP contribution is 2.17. The van der Waals surface area contributed by atoms with E-state index in [1.165, 1.54) is 11.3 Å². The van der Waals surface area contributed by atoms with Crippen molar-refractivity contribution in [3.05, 3.63) is 45.7 Å². The molecule has 1 aliphatic heterocycles. The van der Waals surface area contributed by atoms with Crippen LogP contribution in [0, 0.1) is 0 Å². The van der Waals surface area contributed by atoms with Crippen LogP contribution in [0.15, 0.2) is 35.7 Å². The van der Waals surface area contributed by atoms with Crippen LogP contribution in [0.3, 0.4) is 0 Å². The number of anilines is 1. The van der Waals surface area contributed by atoms with Crippen LogP contribution in [0.25, 0.3) is 0 Å². The Morgan fingerprint density at radius 2 is 2.00 bits per heavy atom. The summed E-state index contributed by atoms with van der Waals surface area (Å²) in [4.78, 5) is 21.9. The van der Waals surface area contributed by atoms with Crippen LogP contribution in [-0.4, -0.2) is 48.4 Å². The van der Waals surface area contributed by atoms with Crippen LogP contribution >= 0.6 is 22.9 Å². The zero-order valence-corrected chi connectivity index (χ0v) is 14.5. The van der Waals surface area contributed by atoms with Gasteiger partial charge in [-0.2, -0.15) is 0 Å². The highest BCUT2D eigenvalue weighted by Gasteiger charge is 2.18. The van der Waals surface area contributed by atoms with Crippen LogP contribution in [0.5, 0.6) is 0 Å². The third kappa shape index (κ3) is 4.53. The molecule has 0 aromatic carbocycles. The number of carbonyl (C=O) groups is 1. The second-order valence-electron chi connectivity index (χ2n) is 5.65. The van der Waals surface area contributed by atoms with Gasteiger partial charge in [0.05, 0.1) is 4.88 Å². The molecule has 0 radical (unpaired) electrons. The lowest BCUT2D eigenvalue weighted by Crippen LogP contribution is -2.47. The second-order valence-corrected chi connectivity index (χ2v) is 6.99. The van der Waals surface area contributed by atoms with Crippen LogP contribution in [0.4, 0.5) is 5.82 Å². The summed E-state index contributed by atoms with van der Waals surface area (Å²) in [5.74, 6) is 1.21. The Labute approximate surface area is 145 Å². The maximum Gasteiger partial charge on any atom is 0.172 e. The van der Waals surface area contributed by atoms with Gasteiger partial charge in [-0.25, -0.2) is 4.98 Å². The number of pyridine rings is 1. The molecule has 0 amide bonds. The van der Waals surface area contributed by atoms with Gasteiger partial charge in [0.25, 0.3) is 0 Å². The molecular formula is C17H20ClN3OS. The number of carbonyl (C=O) groups excluding carboxylic acids is 1. The highest BCUT2D eigenvalue weighted by molar-refractivity contribution is 7.12. The maximum absolute atomic E-state index is 12.0. The second kappa shape index (κ2) is 7.90. The lowest BCUT2D eigenvalue weighted by atomic mass is 10.2. The standard InChI is InChI=1S/C17H20ClN3OS/c18-16-6-1-7-17(19-16)21-11-9-20(10-12-21)8-2-4-14(22)15-5-3-13-23-15/h1,3,5-7,13H,2,4,8-12H2. The van der Waals surface area contributed by atoms with Crippen molar-refractivity contribution in [2.45, 2.75) is 12.8 Å². The van der Waals surface area contributed by atoms with Crippen LogP contribution in [0.2, 0.25) is 5.15 Å². The van der Waals surface area contributed by atoms with Gasteiger partial charge in [-0.3, -0.25) is 9.69 Å². The predicted molar refractivity (Wildman–Crippen MR) is 95.8 cm³/mol. The molecule has 3 heterocycles. The largest absolute Gasteiger partial charge is 0.354 e. The van der Waals surface area contributed by atoms with E-state index in [4.69, 9.17) is 11.6 Å². The molecular weight excluding hydrogens is 330 g/mol. The molecule has 0 bridgehead atoms. The summed E-state index contributed by atoms with van der Waals surface area (Å²) < 4.78 is 0. The number of Topliss-reactive ketones (excluding diaryl/α,β-unsaturated/α-hetero) is 1. The Morgan fingerprint density at radius 1 is 1.17 bits per heavy atom. The number of nitrogens with zero attached hydrogens (tertiary/aromatic N) is 3. The molecule has 2 aromatic heterocycles. The van der Waals surface area contributed by atoms with Crippen molar-refractivity contribution in [2.24, 2.45) is 0 Å². The number of rotatable bonds is 6. The van der Waals surface area contributed by atoms with E-state index < -0.39 is 0 Å². The molecule has 122 valence electrons. The average Bonchev–Trinajstić information content (AvgIpc) is 3.10. The number of ketones is 1. The molecule has 0 spiro atoms. The lowest BCUT2D eigenvalue weighted by molar-refractivity contribution is 0.0978. The third-order valence-electron chi connectivity index (χ3n) is 4.07. The van der Waals surface area contributed by atoms with Crippen molar-refractivity contribution in [3.63, 3.8) is 0 Å². The first-order valence-corrected chi connectivity index (χ1v) is 9.15. The summed E-state index contributed by atoms with van der Waals surface area (Å²) in [6.45, 7) is 4.88. The summed E-state index contributed by atoms with van der Waals surface area (Å²) in [6.07, 6.45) is 1.56. The van der Waals surface area contributed by atoms with Gasteiger partial charge in [0.2, 0.25) is 0 Å².